The number of nitrogen functional groups attached to an aromatic ring is 1. The second-order valence-electron chi connectivity index (χ2n) is 3.80. The summed E-state index contributed by atoms with van der Waals surface area (Å²) in [5.41, 5.74) is 3.16. The van der Waals surface area contributed by atoms with Gasteiger partial charge in [-0.05, 0) is 36.4 Å². The van der Waals surface area contributed by atoms with Gasteiger partial charge < -0.3 is 10.7 Å². The van der Waals surface area contributed by atoms with E-state index in [0.717, 1.165) is 18.2 Å². The summed E-state index contributed by atoms with van der Waals surface area (Å²) in [6.45, 7) is 0. The van der Waals surface area contributed by atoms with Gasteiger partial charge in [-0.1, -0.05) is 0 Å². The molecule has 4 N–H and O–H groups in total. The van der Waals surface area contributed by atoms with E-state index in [2.05, 4.69) is 10.7 Å². The molecule has 98 valence electrons. The van der Waals surface area contributed by atoms with Gasteiger partial charge in [0.1, 0.15) is 11.6 Å². The smallest absolute Gasteiger partial charge is 0.255 e. The normalized spacial score (nSPS) is 10.1. The van der Waals surface area contributed by atoms with E-state index < -0.39 is 17.5 Å². The molecule has 0 aliphatic carbocycles. The van der Waals surface area contributed by atoms with Gasteiger partial charge in [0.05, 0.1) is 5.69 Å². The lowest BCUT2D eigenvalue weighted by molar-refractivity contribution is 0.102. The van der Waals surface area contributed by atoms with Gasteiger partial charge in [0.15, 0.2) is 0 Å². The van der Waals surface area contributed by atoms with E-state index in [9.17, 15) is 13.6 Å². The number of carbonyl (C=O) groups excluding carboxylic acids is 1. The number of hydrazine groups is 1. The van der Waals surface area contributed by atoms with Crippen LogP contribution in [0.5, 0.6) is 0 Å². The Morgan fingerprint density at radius 3 is 2.37 bits per heavy atom. The summed E-state index contributed by atoms with van der Waals surface area (Å²) in [5, 5.41) is 2.30. The molecule has 4 nitrogen and oxygen atoms in total. The topological polar surface area (TPSA) is 67.1 Å². The molecule has 0 heterocycles. The Bertz CT molecular complexity index is 599. The predicted octanol–water partition coefficient (Wildman–Crippen LogP) is 2.50. The highest BCUT2D eigenvalue weighted by Crippen LogP contribution is 2.17. The number of anilines is 2. The monoisotopic (exact) mass is 263 g/mol. The van der Waals surface area contributed by atoms with E-state index in [1.54, 1.807) is 12.1 Å². The van der Waals surface area contributed by atoms with Crippen molar-refractivity contribution in [2.24, 2.45) is 5.84 Å². The highest BCUT2D eigenvalue weighted by atomic mass is 19.1. The van der Waals surface area contributed by atoms with Crippen molar-refractivity contribution in [2.45, 2.75) is 0 Å². The zero-order valence-corrected chi connectivity index (χ0v) is 9.78. The number of amides is 1. The van der Waals surface area contributed by atoms with Crippen molar-refractivity contribution >= 4 is 17.3 Å². The van der Waals surface area contributed by atoms with Crippen LogP contribution in [0.2, 0.25) is 0 Å². The molecular weight excluding hydrogens is 252 g/mol. The molecule has 0 unspecified atom stereocenters. The van der Waals surface area contributed by atoms with E-state index in [4.69, 9.17) is 5.84 Å². The van der Waals surface area contributed by atoms with Gasteiger partial charge in [-0.25, -0.2) is 8.78 Å². The minimum absolute atomic E-state index is 0.203. The maximum Gasteiger partial charge on any atom is 0.255 e. The number of nitrogens with one attached hydrogen (secondary N) is 2. The third-order valence-corrected chi connectivity index (χ3v) is 2.49. The molecule has 0 aliphatic rings. The van der Waals surface area contributed by atoms with Crippen molar-refractivity contribution in [1.29, 1.82) is 0 Å². The molecule has 0 radical (unpaired) electrons. The van der Waals surface area contributed by atoms with E-state index in [1.807, 2.05) is 0 Å². The molecule has 0 saturated carbocycles. The first kappa shape index (κ1) is 13.0. The lowest BCUT2D eigenvalue weighted by atomic mass is 10.2. The third kappa shape index (κ3) is 3.05. The number of nitrogens with two attached hydrogens (primary N) is 1. The number of halogens is 2. The van der Waals surface area contributed by atoms with Crippen molar-refractivity contribution < 1.29 is 13.6 Å². The van der Waals surface area contributed by atoms with Crippen LogP contribution >= 0.6 is 0 Å². The Kier molecular flexibility index (Phi) is 3.72. The van der Waals surface area contributed by atoms with Crippen molar-refractivity contribution in [1.82, 2.24) is 0 Å². The summed E-state index contributed by atoms with van der Waals surface area (Å²) in [5.74, 6) is 3.34. The zero-order chi connectivity index (χ0) is 13.8. The van der Waals surface area contributed by atoms with Crippen molar-refractivity contribution in [2.75, 3.05) is 10.7 Å². The molecule has 19 heavy (non-hydrogen) atoms. The van der Waals surface area contributed by atoms with Crippen LogP contribution in [0.3, 0.4) is 0 Å². The molecule has 0 saturated heterocycles. The van der Waals surface area contributed by atoms with E-state index >= 15 is 0 Å². The SMILES string of the molecule is NNc1ccc(C(=O)Nc2cc(F)ccc2F)cc1. The van der Waals surface area contributed by atoms with Gasteiger partial charge >= 0.3 is 0 Å². The Morgan fingerprint density at radius 1 is 1.05 bits per heavy atom. The Morgan fingerprint density at radius 2 is 1.74 bits per heavy atom. The Balaban J connectivity index is 2.18. The van der Waals surface area contributed by atoms with E-state index in [1.165, 1.54) is 12.1 Å². The Hall–Kier alpha value is -2.47. The van der Waals surface area contributed by atoms with Gasteiger partial charge in [-0.3, -0.25) is 10.6 Å². The number of hydrogen-bond donors (Lipinski definition) is 3. The molecule has 0 spiro atoms. The quantitative estimate of drug-likeness (QED) is 0.588. The summed E-state index contributed by atoms with van der Waals surface area (Å²) in [7, 11) is 0. The van der Waals surface area contributed by atoms with Gasteiger partial charge in [0.2, 0.25) is 0 Å². The minimum Gasteiger partial charge on any atom is -0.324 e. The van der Waals surface area contributed by atoms with Crippen LogP contribution in [-0.2, 0) is 0 Å². The third-order valence-electron chi connectivity index (χ3n) is 2.49. The van der Waals surface area contributed by atoms with Crippen LogP contribution < -0.4 is 16.6 Å². The summed E-state index contributed by atoms with van der Waals surface area (Å²) in [4.78, 5) is 11.8. The molecule has 0 aromatic heterocycles. The molecule has 0 aliphatic heterocycles. The Labute approximate surface area is 108 Å². The fourth-order valence-corrected chi connectivity index (χ4v) is 1.51. The number of rotatable bonds is 3. The standard InChI is InChI=1S/C13H11F2N3O/c14-9-3-6-11(15)12(7-9)17-13(19)8-1-4-10(18-16)5-2-8/h1-7,18H,16H2,(H,17,19). The fraction of sp³-hybridized carbons (Fsp3) is 0. The zero-order valence-electron chi connectivity index (χ0n) is 9.78. The van der Waals surface area contributed by atoms with Crippen LogP contribution in [0, 0.1) is 11.6 Å². The number of hydrogen-bond acceptors (Lipinski definition) is 3. The molecule has 2 aromatic carbocycles. The second-order valence-corrected chi connectivity index (χ2v) is 3.80. The molecule has 2 aromatic rings. The van der Waals surface area contributed by atoms with Crippen LogP contribution in [0.1, 0.15) is 10.4 Å². The maximum absolute atomic E-state index is 13.4. The average Bonchev–Trinajstić information content (AvgIpc) is 2.43. The van der Waals surface area contributed by atoms with Crippen LogP contribution in [0.25, 0.3) is 0 Å². The summed E-state index contributed by atoms with van der Waals surface area (Å²) in [6, 6.07) is 9.07. The first-order valence-corrected chi connectivity index (χ1v) is 5.43. The first-order chi connectivity index (χ1) is 9.10. The molecule has 1 amide bonds. The fourth-order valence-electron chi connectivity index (χ4n) is 1.51. The van der Waals surface area contributed by atoms with Crippen molar-refractivity contribution in [3.63, 3.8) is 0 Å². The summed E-state index contributed by atoms with van der Waals surface area (Å²) >= 11 is 0. The number of benzene rings is 2. The predicted molar refractivity (Wildman–Crippen MR) is 68.6 cm³/mol. The van der Waals surface area contributed by atoms with Crippen LogP contribution in [0.4, 0.5) is 20.2 Å². The van der Waals surface area contributed by atoms with E-state index in [0.29, 0.717) is 11.3 Å². The second kappa shape index (κ2) is 5.45. The highest BCUT2D eigenvalue weighted by Gasteiger charge is 2.10. The summed E-state index contributed by atoms with van der Waals surface area (Å²) in [6.07, 6.45) is 0. The van der Waals surface area contributed by atoms with Gasteiger partial charge in [-0.2, -0.15) is 0 Å². The molecule has 6 heteroatoms. The van der Waals surface area contributed by atoms with Crippen LogP contribution in [0.15, 0.2) is 42.5 Å². The molecule has 2 rings (SSSR count). The largest absolute Gasteiger partial charge is 0.324 e. The van der Waals surface area contributed by atoms with Crippen molar-refractivity contribution in [3.05, 3.63) is 59.7 Å². The van der Waals surface area contributed by atoms with E-state index in [-0.39, 0.29) is 5.69 Å². The van der Waals surface area contributed by atoms with Gasteiger partial charge in [-0.15, -0.1) is 0 Å². The molecular formula is C13H11F2N3O. The number of carbonyl (C=O) groups is 1. The minimum atomic E-state index is -0.699. The molecule has 0 fully saturated rings. The lowest BCUT2D eigenvalue weighted by Crippen LogP contribution is -2.13. The maximum atomic E-state index is 13.4. The van der Waals surface area contributed by atoms with Crippen molar-refractivity contribution in [3.8, 4) is 0 Å². The lowest BCUT2D eigenvalue weighted by Gasteiger charge is -2.07. The first-order valence-electron chi connectivity index (χ1n) is 5.43. The summed E-state index contributed by atoms with van der Waals surface area (Å²) < 4.78 is 26.3. The van der Waals surface area contributed by atoms with Gasteiger partial charge in [0.25, 0.3) is 5.91 Å². The van der Waals surface area contributed by atoms with Gasteiger partial charge in [0, 0.05) is 17.3 Å². The molecule has 0 bridgehead atoms. The molecule has 0 atom stereocenters. The van der Waals surface area contributed by atoms with Crippen LogP contribution in [-0.4, -0.2) is 5.91 Å². The average molecular weight is 263 g/mol. The highest BCUT2D eigenvalue weighted by molar-refractivity contribution is 6.04.